The molecule has 0 radical (unpaired) electrons. The number of fused-ring (bicyclic) bond motifs is 1. The fraction of sp³-hybridized carbons (Fsp3) is 0.265. The van der Waals surface area contributed by atoms with Crippen molar-refractivity contribution in [2.24, 2.45) is 0 Å². The number of hydrogen-bond donors (Lipinski definition) is 1. The number of carbonyl (C=O) groups is 2. The molecule has 1 aliphatic rings. The molecule has 2 heterocycles. The summed E-state index contributed by atoms with van der Waals surface area (Å²) in [5.41, 5.74) is 3.01. The minimum Gasteiger partial charge on any atom is -0.497 e. The fourth-order valence-corrected chi connectivity index (χ4v) is 6.98. The molecule has 43 heavy (non-hydrogen) atoms. The molecule has 2 aromatic heterocycles. The number of nitrogens with one attached hydrogen (secondary N) is 1. The number of ether oxygens (including phenoxy) is 1. The van der Waals surface area contributed by atoms with Crippen molar-refractivity contribution in [3.8, 4) is 11.4 Å². The number of nitrogens with zero attached hydrogens (tertiary/aromatic N) is 3. The average molecular weight is 613 g/mol. The van der Waals surface area contributed by atoms with E-state index in [0.29, 0.717) is 26.9 Å². The molecule has 0 saturated heterocycles. The van der Waals surface area contributed by atoms with Crippen molar-refractivity contribution in [2.75, 3.05) is 12.0 Å². The minimum absolute atomic E-state index is 0.0769. The van der Waals surface area contributed by atoms with Crippen molar-refractivity contribution in [3.05, 3.63) is 106 Å². The van der Waals surface area contributed by atoms with Crippen molar-refractivity contribution in [1.82, 2.24) is 15.1 Å². The maximum absolute atomic E-state index is 14.7. The number of carbonyl (C=O) groups excluding carboxylic acids is 2. The molecule has 2 amide bonds. The molecule has 1 fully saturated rings. The largest absolute Gasteiger partial charge is 0.497 e. The SMILES string of the molecule is COc1ccc(C(C(=O)NC2CCCCC2)N(C(=O)c2cc3c(C)nn(-c4ccccc4)c3s2)c2ccc(Cl)cc2)cc1. The van der Waals surface area contributed by atoms with Gasteiger partial charge in [-0.05, 0) is 79.9 Å². The molecule has 1 aliphatic carbocycles. The van der Waals surface area contributed by atoms with Crippen LogP contribution in [0.4, 0.5) is 5.69 Å². The first-order valence-corrected chi connectivity index (χ1v) is 15.7. The monoisotopic (exact) mass is 612 g/mol. The Morgan fingerprint density at radius 2 is 1.70 bits per heavy atom. The summed E-state index contributed by atoms with van der Waals surface area (Å²) < 4.78 is 7.26. The molecule has 0 spiro atoms. The Bertz CT molecular complexity index is 1730. The molecular weight excluding hydrogens is 580 g/mol. The summed E-state index contributed by atoms with van der Waals surface area (Å²) in [5, 5.41) is 9.46. The van der Waals surface area contributed by atoms with E-state index in [-0.39, 0.29) is 17.9 Å². The highest BCUT2D eigenvalue weighted by atomic mass is 35.5. The number of aromatic nitrogens is 2. The molecule has 3 aromatic carbocycles. The second-order valence-corrected chi connectivity index (χ2v) is 12.3. The number of anilines is 1. The van der Waals surface area contributed by atoms with E-state index < -0.39 is 6.04 Å². The summed E-state index contributed by atoms with van der Waals surface area (Å²) in [5.74, 6) is 0.181. The zero-order chi connectivity index (χ0) is 29.9. The predicted octanol–water partition coefficient (Wildman–Crippen LogP) is 7.89. The highest BCUT2D eigenvalue weighted by Crippen LogP contribution is 2.36. The lowest BCUT2D eigenvalue weighted by Crippen LogP contribution is -2.47. The van der Waals surface area contributed by atoms with Crippen LogP contribution in [0.2, 0.25) is 5.02 Å². The molecule has 6 rings (SSSR count). The molecule has 9 heteroatoms. The van der Waals surface area contributed by atoms with Gasteiger partial charge in [0.25, 0.3) is 5.91 Å². The molecule has 0 aliphatic heterocycles. The Labute approximate surface area is 260 Å². The number of rotatable bonds is 8. The maximum Gasteiger partial charge on any atom is 0.269 e. The van der Waals surface area contributed by atoms with E-state index in [1.165, 1.54) is 17.8 Å². The van der Waals surface area contributed by atoms with Crippen molar-refractivity contribution < 1.29 is 14.3 Å². The topological polar surface area (TPSA) is 76.5 Å². The van der Waals surface area contributed by atoms with Crippen molar-refractivity contribution in [2.45, 2.75) is 51.1 Å². The average Bonchev–Trinajstić information content (AvgIpc) is 3.61. The number of aryl methyl sites for hydroxylation is 1. The lowest BCUT2D eigenvalue weighted by atomic mass is 9.94. The van der Waals surface area contributed by atoms with E-state index >= 15 is 0 Å². The Hall–Kier alpha value is -4.14. The molecule has 1 saturated carbocycles. The summed E-state index contributed by atoms with van der Waals surface area (Å²) in [4.78, 5) is 31.9. The zero-order valence-corrected chi connectivity index (χ0v) is 25.7. The van der Waals surface area contributed by atoms with Crippen LogP contribution >= 0.6 is 22.9 Å². The third-order valence-corrected chi connectivity index (χ3v) is 9.32. The summed E-state index contributed by atoms with van der Waals surface area (Å²) in [6.45, 7) is 1.94. The Balaban J connectivity index is 1.46. The van der Waals surface area contributed by atoms with Gasteiger partial charge in [0.05, 0.1) is 23.4 Å². The van der Waals surface area contributed by atoms with Crippen molar-refractivity contribution in [1.29, 1.82) is 0 Å². The first-order valence-electron chi connectivity index (χ1n) is 14.5. The number of benzene rings is 3. The van der Waals surface area contributed by atoms with Crippen LogP contribution in [0.25, 0.3) is 15.9 Å². The summed E-state index contributed by atoms with van der Waals surface area (Å²) >= 11 is 7.63. The Kier molecular flexibility index (Phi) is 8.49. The standard InChI is InChI=1S/C34H33ClN4O3S/c1-22-29-21-30(43-34(29)39(37-22)27-11-7-4-8-12-27)33(41)38(26-17-15-24(35)16-18-26)31(23-13-19-28(42-2)20-14-23)32(40)36-25-9-5-3-6-10-25/h4,7-8,11-21,25,31H,3,5-6,9-10H2,1-2H3,(H,36,40). The van der Waals surface area contributed by atoms with Gasteiger partial charge >= 0.3 is 0 Å². The quantitative estimate of drug-likeness (QED) is 0.193. The molecule has 7 nitrogen and oxygen atoms in total. The van der Waals surface area contributed by atoms with Crippen LogP contribution in [-0.2, 0) is 4.79 Å². The van der Waals surface area contributed by atoms with Crippen LogP contribution in [0.1, 0.15) is 59.1 Å². The van der Waals surface area contributed by atoms with Crippen molar-refractivity contribution >= 4 is 50.7 Å². The molecule has 220 valence electrons. The molecule has 5 aromatic rings. The van der Waals surface area contributed by atoms with Gasteiger partial charge in [0.15, 0.2) is 0 Å². The van der Waals surface area contributed by atoms with E-state index in [0.717, 1.165) is 47.3 Å². The van der Waals surface area contributed by atoms with Gasteiger partial charge in [-0.3, -0.25) is 14.5 Å². The first kappa shape index (κ1) is 29.0. The lowest BCUT2D eigenvalue weighted by molar-refractivity contribution is -0.123. The molecule has 1 N–H and O–H groups in total. The smallest absolute Gasteiger partial charge is 0.269 e. The zero-order valence-electron chi connectivity index (χ0n) is 24.1. The minimum atomic E-state index is -0.918. The van der Waals surface area contributed by atoms with E-state index in [1.54, 1.807) is 36.3 Å². The summed E-state index contributed by atoms with van der Waals surface area (Å²) in [7, 11) is 1.60. The predicted molar refractivity (Wildman–Crippen MR) is 173 cm³/mol. The van der Waals surface area contributed by atoms with Crippen LogP contribution < -0.4 is 15.0 Å². The van der Waals surface area contributed by atoms with E-state index in [1.807, 2.05) is 72.3 Å². The number of methoxy groups -OCH3 is 1. The highest BCUT2D eigenvalue weighted by molar-refractivity contribution is 7.20. The van der Waals surface area contributed by atoms with Gasteiger partial charge in [-0.2, -0.15) is 5.10 Å². The van der Waals surface area contributed by atoms with Gasteiger partial charge in [-0.25, -0.2) is 4.68 Å². The molecule has 1 atom stereocenters. The highest BCUT2D eigenvalue weighted by Gasteiger charge is 2.36. The van der Waals surface area contributed by atoms with Crippen LogP contribution in [0.3, 0.4) is 0 Å². The number of para-hydroxylation sites is 1. The number of hydrogen-bond acceptors (Lipinski definition) is 5. The lowest BCUT2D eigenvalue weighted by Gasteiger charge is -2.33. The second kappa shape index (κ2) is 12.6. The number of thiophene rings is 1. The van der Waals surface area contributed by atoms with E-state index in [2.05, 4.69) is 5.32 Å². The number of amides is 2. The van der Waals surface area contributed by atoms with Gasteiger partial charge in [-0.1, -0.05) is 61.2 Å². The van der Waals surface area contributed by atoms with Gasteiger partial charge in [0, 0.05) is 22.1 Å². The molecular formula is C34H33ClN4O3S. The number of halogens is 1. The summed E-state index contributed by atoms with van der Waals surface area (Å²) in [6, 6.07) is 25.3. The Morgan fingerprint density at radius 1 is 1.00 bits per heavy atom. The van der Waals surface area contributed by atoms with E-state index in [9.17, 15) is 9.59 Å². The van der Waals surface area contributed by atoms with Crippen LogP contribution in [0.5, 0.6) is 5.75 Å². The molecule has 0 bridgehead atoms. The first-order chi connectivity index (χ1) is 20.9. The fourth-order valence-electron chi connectivity index (χ4n) is 5.73. The van der Waals surface area contributed by atoms with Gasteiger partial charge < -0.3 is 10.1 Å². The normalized spacial score (nSPS) is 14.4. The van der Waals surface area contributed by atoms with Gasteiger partial charge in [-0.15, -0.1) is 11.3 Å². The van der Waals surface area contributed by atoms with Gasteiger partial charge in [0.1, 0.15) is 16.6 Å². The van der Waals surface area contributed by atoms with Crippen LogP contribution in [-0.4, -0.2) is 34.7 Å². The third kappa shape index (κ3) is 6.03. The van der Waals surface area contributed by atoms with Crippen molar-refractivity contribution in [3.63, 3.8) is 0 Å². The maximum atomic E-state index is 14.7. The summed E-state index contributed by atoms with van der Waals surface area (Å²) in [6.07, 6.45) is 5.20. The van der Waals surface area contributed by atoms with Crippen LogP contribution in [0, 0.1) is 6.92 Å². The van der Waals surface area contributed by atoms with E-state index in [4.69, 9.17) is 21.4 Å². The molecule has 1 unspecified atom stereocenters. The third-order valence-electron chi connectivity index (χ3n) is 7.97. The Morgan fingerprint density at radius 3 is 2.37 bits per heavy atom. The van der Waals surface area contributed by atoms with Gasteiger partial charge in [0.2, 0.25) is 5.91 Å². The second-order valence-electron chi connectivity index (χ2n) is 10.8. The van der Waals surface area contributed by atoms with Crippen LogP contribution in [0.15, 0.2) is 84.9 Å².